The average molecular weight is 333 g/mol. The number of sulfonamides is 1. The third-order valence-electron chi connectivity index (χ3n) is 3.31. The maximum absolute atomic E-state index is 12.6. The number of nitrogens with zero attached hydrogens (tertiary/aromatic N) is 1. The van der Waals surface area contributed by atoms with Crippen molar-refractivity contribution in [2.75, 3.05) is 18.1 Å². The zero-order valence-corrected chi connectivity index (χ0v) is 12.9. The van der Waals surface area contributed by atoms with Crippen LogP contribution < -0.4 is 0 Å². The van der Waals surface area contributed by atoms with Crippen LogP contribution in [0.15, 0.2) is 29.2 Å². The second kappa shape index (κ2) is 5.39. The first-order chi connectivity index (χ1) is 9.65. The lowest BCUT2D eigenvalue weighted by molar-refractivity contribution is 0.0692. The summed E-state index contributed by atoms with van der Waals surface area (Å²) in [5, 5.41) is 9.10. The van der Waals surface area contributed by atoms with Gasteiger partial charge in [0.15, 0.2) is 9.84 Å². The summed E-state index contributed by atoms with van der Waals surface area (Å²) in [6.45, 7) is 1.33. The highest BCUT2D eigenvalue weighted by Gasteiger charge is 2.37. The molecule has 0 radical (unpaired) electrons. The van der Waals surface area contributed by atoms with Crippen molar-refractivity contribution < 1.29 is 26.7 Å². The molecule has 9 heteroatoms. The minimum absolute atomic E-state index is 0.167. The van der Waals surface area contributed by atoms with Gasteiger partial charge in [-0.05, 0) is 19.1 Å². The molecular formula is C12H15NO6S2. The third-order valence-corrected chi connectivity index (χ3v) is 7.18. The van der Waals surface area contributed by atoms with E-state index in [9.17, 15) is 21.6 Å². The van der Waals surface area contributed by atoms with Crippen LogP contribution in [0, 0.1) is 0 Å². The van der Waals surface area contributed by atoms with Gasteiger partial charge in [-0.2, -0.15) is 4.31 Å². The largest absolute Gasteiger partial charge is 0.478 e. The molecule has 1 fully saturated rings. The van der Waals surface area contributed by atoms with E-state index in [0.717, 1.165) is 4.31 Å². The zero-order chi connectivity index (χ0) is 15.8. The first kappa shape index (κ1) is 15.9. The van der Waals surface area contributed by atoms with E-state index in [1.54, 1.807) is 0 Å². The number of carboxylic acid groups (broad SMARTS) is 1. The molecule has 7 nitrogen and oxygen atoms in total. The van der Waals surface area contributed by atoms with Gasteiger partial charge in [-0.25, -0.2) is 21.6 Å². The topological polar surface area (TPSA) is 109 Å². The molecule has 116 valence electrons. The van der Waals surface area contributed by atoms with Crippen LogP contribution >= 0.6 is 0 Å². The molecule has 2 rings (SSSR count). The summed E-state index contributed by atoms with van der Waals surface area (Å²) in [6, 6.07) is 4.57. The molecule has 0 aromatic heterocycles. The molecule has 1 aliphatic rings. The second-order valence-corrected chi connectivity index (χ2v) is 8.97. The molecule has 1 aliphatic heterocycles. The van der Waals surface area contributed by atoms with Gasteiger partial charge in [-0.3, -0.25) is 0 Å². The van der Waals surface area contributed by atoms with Gasteiger partial charge < -0.3 is 5.11 Å². The summed E-state index contributed by atoms with van der Waals surface area (Å²) in [7, 11) is -7.31. The molecule has 1 saturated heterocycles. The second-order valence-electron chi connectivity index (χ2n) is 4.88. The van der Waals surface area contributed by atoms with Crippen LogP contribution in [0.4, 0.5) is 0 Å². The van der Waals surface area contributed by atoms with Crippen molar-refractivity contribution in [1.29, 1.82) is 0 Å². The van der Waals surface area contributed by atoms with Gasteiger partial charge in [-0.15, -0.1) is 0 Å². The summed E-state index contributed by atoms with van der Waals surface area (Å²) >= 11 is 0. The van der Waals surface area contributed by atoms with Crippen LogP contribution in [0.5, 0.6) is 0 Å². The van der Waals surface area contributed by atoms with Crippen LogP contribution in [0.1, 0.15) is 17.3 Å². The zero-order valence-electron chi connectivity index (χ0n) is 11.3. The molecule has 1 N–H and O–H groups in total. The fraction of sp³-hybridized carbons (Fsp3) is 0.417. The predicted octanol–water partition coefficient (Wildman–Crippen LogP) is 0.192. The lowest BCUT2D eigenvalue weighted by atomic mass is 10.2. The Labute approximate surface area is 123 Å². The molecule has 1 unspecified atom stereocenters. The Balaban J connectivity index is 2.47. The normalized spacial score (nSPS) is 22.8. The maximum atomic E-state index is 12.6. The molecule has 0 aliphatic carbocycles. The van der Waals surface area contributed by atoms with Crippen molar-refractivity contribution >= 4 is 25.8 Å². The molecule has 1 aromatic rings. The van der Waals surface area contributed by atoms with Gasteiger partial charge in [0, 0.05) is 12.6 Å². The van der Waals surface area contributed by atoms with Crippen LogP contribution in [0.2, 0.25) is 0 Å². The summed E-state index contributed by atoms with van der Waals surface area (Å²) in [4.78, 5) is 10.8. The van der Waals surface area contributed by atoms with Gasteiger partial charge in [0.1, 0.15) is 0 Å². The third kappa shape index (κ3) is 3.09. The van der Waals surface area contributed by atoms with E-state index >= 15 is 0 Å². The van der Waals surface area contributed by atoms with Gasteiger partial charge in [0.25, 0.3) is 0 Å². The summed E-state index contributed by atoms with van der Waals surface area (Å²) in [5.41, 5.74) is -0.321. The average Bonchev–Trinajstić information content (AvgIpc) is 2.37. The first-order valence-electron chi connectivity index (χ1n) is 6.20. The number of sulfone groups is 1. The quantitative estimate of drug-likeness (QED) is 0.846. The molecule has 0 spiro atoms. The highest BCUT2D eigenvalue weighted by Crippen LogP contribution is 2.24. The lowest BCUT2D eigenvalue weighted by Crippen LogP contribution is -2.49. The number of carbonyl (C=O) groups is 1. The number of carboxylic acids is 1. The lowest BCUT2D eigenvalue weighted by Gasteiger charge is -2.32. The minimum atomic E-state index is -4.05. The Morgan fingerprint density at radius 1 is 1.33 bits per heavy atom. The standard InChI is InChI=1S/C12H15NO6S2/c1-9-8-20(16,17)7-6-13(9)21(18,19)11-5-3-2-4-10(11)12(14)15/h2-5,9H,6-8H2,1H3,(H,14,15). The van der Waals surface area contributed by atoms with E-state index in [1.807, 2.05) is 0 Å². The van der Waals surface area contributed by atoms with Crippen LogP contribution in [-0.4, -0.2) is 56.3 Å². The minimum Gasteiger partial charge on any atom is -0.478 e. The van der Waals surface area contributed by atoms with Gasteiger partial charge in [0.2, 0.25) is 10.0 Å². The van der Waals surface area contributed by atoms with Crippen molar-refractivity contribution in [3.63, 3.8) is 0 Å². The Kier molecular flexibility index (Phi) is 4.09. The highest BCUT2D eigenvalue weighted by atomic mass is 32.2. The van der Waals surface area contributed by atoms with Crippen LogP contribution in [-0.2, 0) is 19.9 Å². The van der Waals surface area contributed by atoms with E-state index < -0.39 is 31.9 Å². The molecule has 1 aromatic carbocycles. The summed E-state index contributed by atoms with van der Waals surface area (Å²) in [5.74, 6) is -1.86. The van der Waals surface area contributed by atoms with Gasteiger partial charge in [0.05, 0.1) is 22.0 Å². The number of hydrogen-bond acceptors (Lipinski definition) is 5. The Hall–Kier alpha value is -1.45. The number of hydrogen-bond donors (Lipinski definition) is 1. The van der Waals surface area contributed by atoms with Crippen LogP contribution in [0.3, 0.4) is 0 Å². The Morgan fingerprint density at radius 2 is 1.95 bits per heavy atom. The summed E-state index contributed by atoms with van der Waals surface area (Å²) < 4.78 is 49.3. The molecule has 21 heavy (non-hydrogen) atoms. The SMILES string of the molecule is CC1CS(=O)(=O)CCN1S(=O)(=O)c1ccccc1C(=O)O. The molecule has 0 amide bonds. The number of aromatic carboxylic acids is 1. The first-order valence-corrected chi connectivity index (χ1v) is 9.46. The fourth-order valence-corrected chi connectivity index (χ4v) is 5.92. The van der Waals surface area contributed by atoms with Crippen LogP contribution in [0.25, 0.3) is 0 Å². The van der Waals surface area contributed by atoms with Crippen molar-refractivity contribution in [3.05, 3.63) is 29.8 Å². The van der Waals surface area contributed by atoms with E-state index in [0.29, 0.717) is 0 Å². The van der Waals surface area contributed by atoms with Crippen molar-refractivity contribution in [2.24, 2.45) is 0 Å². The highest BCUT2D eigenvalue weighted by molar-refractivity contribution is 7.92. The fourth-order valence-electron chi connectivity index (χ4n) is 2.34. The number of rotatable bonds is 3. The Morgan fingerprint density at radius 3 is 2.52 bits per heavy atom. The maximum Gasteiger partial charge on any atom is 0.337 e. The molecular weight excluding hydrogens is 318 g/mol. The molecule has 1 heterocycles. The van der Waals surface area contributed by atoms with Crippen molar-refractivity contribution in [3.8, 4) is 0 Å². The van der Waals surface area contributed by atoms with Crippen molar-refractivity contribution in [2.45, 2.75) is 17.9 Å². The van der Waals surface area contributed by atoms with E-state index in [4.69, 9.17) is 5.11 Å². The molecule has 0 bridgehead atoms. The smallest absolute Gasteiger partial charge is 0.337 e. The number of benzene rings is 1. The predicted molar refractivity (Wildman–Crippen MR) is 75.4 cm³/mol. The van der Waals surface area contributed by atoms with Gasteiger partial charge in [-0.1, -0.05) is 12.1 Å². The summed E-state index contributed by atoms with van der Waals surface area (Å²) in [6.07, 6.45) is 0. The van der Waals surface area contributed by atoms with E-state index in [-0.39, 0.29) is 28.5 Å². The Bertz CT molecular complexity index is 769. The molecule has 1 atom stereocenters. The van der Waals surface area contributed by atoms with E-state index in [1.165, 1.54) is 31.2 Å². The van der Waals surface area contributed by atoms with Crippen molar-refractivity contribution in [1.82, 2.24) is 4.31 Å². The molecule has 0 saturated carbocycles. The van der Waals surface area contributed by atoms with E-state index in [2.05, 4.69) is 0 Å². The van der Waals surface area contributed by atoms with Gasteiger partial charge >= 0.3 is 5.97 Å². The monoisotopic (exact) mass is 333 g/mol.